The summed E-state index contributed by atoms with van der Waals surface area (Å²) in [5, 5.41) is 0. The summed E-state index contributed by atoms with van der Waals surface area (Å²) in [5.74, 6) is 0. The van der Waals surface area contributed by atoms with Crippen LogP contribution >= 0.6 is 0 Å². The second kappa shape index (κ2) is 9.41. The molecule has 1 aromatic carbocycles. The number of carbonyl (C=O) groups is 1. The number of ether oxygens (including phenoxy) is 1. The number of pyridine rings is 1. The van der Waals surface area contributed by atoms with Crippen LogP contribution < -0.4 is 5.73 Å². The third kappa shape index (κ3) is 5.94. The van der Waals surface area contributed by atoms with Gasteiger partial charge in [-0.25, -0.2) is 4.79 Å². The van der Waals surface area contributed by atoms with E-state index in [4.69, 9.17) is 10.5 Å². The van der Waals surface area contributed by atoms with Gasteiger partial charge in [-0.2, -0.15) is 0 Å². The van der Waals surface area contributed by atoms with Crippen LogP contribution in [0.5, 0.6) is 0 Å². The topological polar surface area (TPSA) is 65.2 Å². The molecule has 0 unspecified atom stereocenters. The highest BCUT2D eigenvalue weighted by molar-refractivity contribution is 5.79. The molecule has 0 saturated heterocycles. The first-order valence-electron chi connectivity index (χ1n) is 7.85. The van der Waals surface area contributed by atoms with Crippen molar-refractivity contribution in [2.75, 3.05) is 6.61 Å². The Morgan fingerprint density at radius 3 is 2.52 bits per heavy atom. The number of hydrogen-bond donors (Lipinski definition) is 1. The summed E-state index contributed by atoms with van der Waals surface area (Å²) in [6.45, 7) is 0.396. The van der Waals surface area contributed by atoms with Gasteiger partial charge in [0, 0.05) is 18.0 Å². The zero-order valence-corrected chi connectivity index (χ0v) is 13.2. The molecule has 23 heavy (non-hydrogen) atoms. The molecule has 4 heteroatoms. The van der Waals surface area contributed by atoms with E-state index in [1.807, 2.05) is 30.5 Å². The number of carbonyl (C=O) groups excluding carboxylic acids is 1. The highest BCUT2D eigenvalue weighted by Crippen LogP contribution is 2.23. The highest BCUT2D eigenvalue weighted by atomic mass is 16.5. The van der Waals surface area contributed by atoms with Crippen molar-refractivity contribution in [1.29, 1.82) is 0 Å². The Hall–Kier alpha value is -2.62. The van der Waals surface area contributed by atoms with Gasteiger partial charge in [0.1, 0.15) is 0 Å². The second-order valence-electron chi connectivity index (χ2n) is 5.24. The molecule has 2 N–H and O–H groups in total. The van der Waals surface area contributed by atoms with Crippen molar-refractivity contribution in [3.8, 4) is 0 Å². The van der Waals surface area contributed by atoms with E-state index in [-0.39, 0.29) is 0 Å². The van der Waals surface area contributed by atoms with Crippen LogP contribution in [0.2, 0.25) is 0 Å². The Morgan fingerprint density at radius 2 is 1.83 bits per heavy atom. The zero-order chi connectivity index (χ0) is 16.3. The molecule has 2 aromatic rings. The lowest BCUT2D eigenvalue weighted by Crippen LogP contribution is -2.13. The molecule has 0 spiro atoms. The predicted molar refractivity (Wildman–Crippen MR) is 91.8 cm³/mol. The van der Waals surface area contributed by atoms with Crippen molar-refractivity contribution >= 4 is 11.7 Å². The molecule has 1 heterocycles. The molecule has 0 saturated carbocycles. The fourth-order valence-corrected chi connectivity index (χ4v) is 2.38. The van der Waals surface area contributed by atoms with Crippen molar-refractivity contribution in [2.24, 2.45) is 5.73 Å². The van der Waals surface area contributed by atoms with E-state index in [2.05, 4.69) is 29.3 Å². The van der Waals surface area contributed by atoms with Crippen LogP contribution in [0.25, 0.3) is 5.57 Å². The Labute approximate surface area is 137 Å². The molecule has 0 radical (unpaired) electrons. The van der Waals surface area contributed by atoms with Crippen LogP contribution in [0.1, 0.15) is 36.8 Å². The largest absolute Gasteiger partial charge is 0.450 e. The SMILES string of the molecule is NC(=O)OCCCCC/C=C(\c1ccccc1)c1cccnc1. The average Bonchev–Trinajstić information content (AvgIpc) is 2.59. The quantitative estimate of drug-likeness (QED) is 0.744. The normalized spacial score (nSPS) is 11.2. The Kier molecular flexibility index (Phi) is 6.85. The van der Waals surface area contributed by atoms with E-state index >= 15 is 0 Å². The standard InChI is InChI=1S/C19H22N2O2/c20-19(22)23-14-7-2-1-6-12-18(16-9-4-3-5-10-16)17-11-8-13-21-15-17/h3-5,8-13,15H,1-2,6-7,14H2,(H2,20,22)/b18-12+. The number of nitrogens with two attached hydrogens (primary N) is 1. The molecular formula is C19H22N2O2. The molecule has 0 aliphatic carbocycles. The molecule has 1 amide bonds. The number of benzene rings is 1. The highest BCUT2D eigenvalue weighted by Gasteiger charge is 2.04. The number of unbranched alkanes of at least 4 members (excludes halogenated alkanes) is 3. The van der Waals surface area contributed by atoms with Gasteiger partial charge < -0.3 is 10.5 Å². The lowest BCUT2D eigenvalue weighted by Gasteiger charge is -2.08. The summed E-state index contributed by atoms with van der Waals surface area (Å²) in [6.07, 6.45) is 9.07. The van der Waals surface area contributed by atoms with Crippen LogP contribution in [-0.2, 0) is 4.74 Å². The monoisotopic (exact) mass is 310 g/mol. The number of aromatic nitrogens is 1. The maximum atomic E-state index is 10.5. The van der Waals surface area contributed by atoms with Gasteiger partial charge >= 0.3 is 6.09 Å². The smallest absolute Gasteiger partial charge is 0.404 e. The third-order valence-corrected chi connectivity index (χ3v) is 3.50. The number of hydrogen-bond acceptors (Lipinski definition) is 3. The Bertz CT molecular complexity index is 583. The fraction of sp³-hybridized carbons (Fsp3) is 0.263. The number of amides is 1. The summed E-state index contributed by atoms with van der Waals surface area (Å²) in [5.41, 5.74) is 8.44. The summed E-state index contributed by atoms with van der Waals surface area (Å²) >= 11 is 0. The third-order valence-electron chi connectivity index (χ3n) is 3.50. The lowest BCUT2D eigenvalue weighted by molar-refractivity contribution is 0.154. The van der Waals surface area contributed by atoms with E-state index in [1.165, 1.54) is 11.1 Å². The van der Waals surface area contributed by atoms with Gasteiger partial charge in [0.25, 0.3) is 0 Å². The fourth-order valence-electron chi connectivity index (χ4n) is 2.38. The van der Waals surface area contributed by atoms with Crippen LogP contribution in [0.15, 0.2) is 60.9 Å². The van der Waals surface area contributed by atoms with Crippen molar-refractivity contribution in [1.82, 2.24) is 4.98 Å². The van der Waals surface area contributed by atoms with E-state index in [0.29, 0.717) is 6.61 Å². The lowest BCUT2D eigenvalue weighted by atomic mass is 9.97. The first-order valence-corrected chi connectivity index (χ1v) is 7.85. The zero-order valence-electron chi connectivity index (χ0n) is 13.2. The van der Waals surface area contributed by atoms with E-state index < -0.39 is 6.09 Å². The van der Waals surface area contributed by atoms with Crippen LogP contribution in [0.4, 0.5) is 4.79 Å². The van der Waals surface area contributed by atoms with E-state index in [9.17, 15) is 4.79 Å². The van der Waals surface area contributed by atoms with Crippen molar-refractivity contribution in [3.05, 3.63) is 72.1 Å². The minimum Gasteiger partial charge on any atom is -0.450 e. The molecule has 1 aromatic heterocycles. The van der Waals surface area contributed by atoms with Crippen molar-refractivity contribution in [2.45, 2.75) is 25.7 Å². The van der Waals surface area contributed by atoms with Gasteiger partial charge in [0.05, 0.1) is 6.61 Å². The molecule has 120 valence electrons. The number of nitrogens with zero attached hydrogens (tertiary/aromatic N) is 1. The van der Waals surface area contributed by atoms with Gasteiger partial charge in [0.15, 0.2) is 0 Å². The molecule has 0 atom stereocenters. The van der Waals surface area contributed by atoms with Gasteiger partial charge in [-0.05, 0) is 42.9 Å². The van der Waals surface area contributed by atoms with Gasteiger partial charge in [0.2, 0.25) is 0 Å². The number of rotatable bonds is 8. The summed E-state index contributed by atoms with van der Waals surface area (Å²) in [6, 6.07) is 14.4. The molecule has 0 aliphatic rings. The Balaban J connectivity index is 1.94. The summed E-state index contributed by atoms with van der Waals surface area (Å²) < 4.78 is 4.72. The van der Waals surface area contributed by atoms with Gasteiger partial charge in [-0.3, -0.25) is 4.98 Å². The predicted octanol–water partition coefficient (Wildman–Crippen LogP) is 4.17. The maximum absolute atomic E-state index is 10.5. The second-order valence-corrected chi connectivity index (χ2v) is 5.24. The minimum absolute atomic E-state index is 0.396. The van der Waals surface area contributed by atoms with Crippen molar-refractivity contribution < 1.29 is 9.53 Å². The van der Waals surface area contributed by atoms with Gasteiger partial charge in [-0.15, -0.1) is 0 Å². The maximum Gasteiger partial charge on any atom is 0.404 e. The Morgan fingerprint density at radius 1 is 1.04 bits per heavy atom. The first kappa shape index (κ1) is 16.7. The van der Waals surface area contributed by atoms with E-state index in [1.54, 1.807) is 6.20 Å². The molecule has 2 rings (SSSR count). The number of allylic oxidation sites excluding steroid dienone is 1. The van der Waals surface area contributed by atoms with Crippen LogP contribution in [-0.4, -0.2) is 17.7 Å². The number of primary amides is 1. The molecule has 4 nitrogen and oxygen atoms in total. The summed E-state index contributed by atoms with van der Waals surface area (Å²) in [4.78, 5) is 14.7. The minimum atomic E-state index is -0.701. The molecular weight excluding hydrogens is 288 g/mol. The molecule has 0 aliphatic heterocycles. The van der Waals surface area contributed by atoms with Crippen molar-refractivity contribution in [3.63, 3.8) is 0 Å². The van der Waals surface area contributed by atoms with Crippen LogP contribution in [0.3, 0.4) is 0 Å². The average molecular weight is 310 g/mol. The molecule has 0 fully saturated rings. The molecule has 0 bridgehead atoms. The van der Waals surface area contributed by atoms with Gasteiger partial charge in [-0.1, -0.05) is 42.5 Å². The van der Waals surface area contributed by atoms with Crippen LogP contribution in [0, 0.1) is 0 Å². The summed E-state index contributed by atoms with van der Waals surface area (Å²) in [7, 11) is 0. The first-order chi connectivity index (χ1) is 11.3. The van der Waals surface area contributed by atoms with E-state index in [0.717, 1.165) is 31.2 Å².